The highest BCUT2D eigenvalue weighted by atomic mass is 28.5. The molecule has 0 aromatic heterocycles. The molecular formula is C8H5F3Si. The molecule has 0 heterocycles. The van der Waals surface area contributed by atoms with Gasteiger partial charge in [0.2, 0.25) is 0 Å². The molecule has 0 aliphatic rings. The molecule has 62 valence electrons. The monoisotopic (exact) mass is 186 g/mol. The molecule has 12 heavy (non-hydrogen) atoms. The minimum Gasteiger partial charge on any atom is -0.228 e. The maximum atomic E-state index is 11.7. The largest absolute Gasteiger partial charge is 0.709 e. The molecule has 4 heteroatoms. The van der Waals surface area contributed by atoms with Gasteiger partial charge in [-0.2, -0.15) is 0 Å². The van der Waals surface area contributed by atoms with Crippen molar-refractivity contribution in [2.75, 3.05) is 0 Å². The van der Waals surface area contributed by atoms with Crippen molar-refractivity contribution in [1.82, 2.24) is 0 Å². The normalized spacial score (nSPS) is 10.2. The van der Waals surface area contributed by atoms with Crippen molar-refractivity contribution in [2.24, 2.45) is 0 Å². The van der Waals surface area contributed by atoms with Crippen molar-refractivity contribution >= 4 is 9.08 Å². The van der Waals surface area contributed by atoms with E-state index >= 15 is 0 Å². The first kappa shape index (κ1) is 8.88. The maximum absolute atomic E-state index is 11.7. The van der Waals surface area contributed by atoms with Gasteiger partial charge in [0.05, 0.1) is 0 Å². The summed E-state index contributed by atoms with van der Waals surface area (Å²) in [5.74, 6) is 2.07. The zero-order chi connectivity index (χ0) is 9.03. The highest BCUT2D eigenvalue weighted by Gasteiger charge is 2.34. The summed E-state index contributed by atoms with van der Waals surface area (Å²) in [6.07, 6.45) is 0. The number of rotatable bonds is 0. The van der Waals surface area contributed by atoms with Crippen LogP contribution in [0.25, 0.3) is 0 Å². The van der Waals surface area contributed by atoms with E-state index in [0.29, 0.717) is 5.56 Å². The molecule has 0 fully saturated rings. The number of benzene rings is 1. The van der Waals surface area contributed by atoms with Crippen LogP contribution in [-0.2, 0) is 0 Å². The van der Waals surface area contributed by atoms with Crippen LogP contribution in [0.3, 0.4) is 0 Å². The first-order valence-corrected chi connectivity index (χ1v) is 4.86. The lowest BCUT2D eigenvalue weighted by molar-refractivity contribution is 0.504. The zero-order valence-corrected chi connectivity index (χ0v) is 7.02. The Balaban J connectivity index is 2.81. The molecule has 0 atom stereocenters. The third kappa shape index (κ3) is 3.26. The molecule has 0 saturated heterocycles. The van der Waals surface area contributed by atoms with Crippen molar-refractivity contribution in [2.45, 2.75) is 0 Å². The van der Waals surface area contributed by atoms with Gasteiger partial charge in [-0.05, 0) is 17.7 Å². The summed E-state index contributed by atoms with van der Waals surface area (Å²) in [4.78, 5) is 0. The Hall–Kier alpha value is -1.21. The molecule has 0 saturated carbocycles. The van der Waals surface area contributed by atoms with Crippen LogP contribution in [0.2, 0.25) is 0 Å². The Morgan fingerprint density at radius 2 is 1.58 bits per heavy atom. The molecule has 0 aliphatic heterocycles. The van der Waals surface area contributed by atoms with Gasteiger partial charge in [0, 0.05) is 5.56 Å². The Kier molecular flexibility index (Phi) is 2.56. The van der Waals surface area contributed by atoms with Crippen LogP contribution in [-0.4, -0.2) is 9.08 Å². The van der Waals surface area contributed by atoms with E-state index in [0.717, 1.165) is 0 Å². The van der Waals surface area contributed by atoms with Gasteiger partial charge in [0.25, 0.3) is 0 Å². The summed E-state index contributed by atoms with van der Waals surface area (Å²) < 4.78 is 35.1. The Labute approximate surface area is 69.6 Å². The SMILES string of the molecule is F[Si](F)(F)C#Cc1ccccc1. The van der Waals surface area contributed by atoms with Gasteiger partial charge in [-0.25, -0.2) is 12.3 Å². The first-order chi connectivity index (χ1) is 5.58. The highest BCUT2D eigenvalue weighted by Crippen LogP contribution is 2.06. The van der Waals surface area contributed by atoms with Crippen LogP contribution in [0.15, 0.2) is 30.3 Å². The minimum atomic E-state index is -5.70. The summed E-state index contributed by atoms with van der Waals surface area (Å²) in [6, 6.07) is 8.14. The Morgan fingerprint density at radius 1 is 1.00 bits per heavy atom. The molecule has 1 aromatic carbocycles. The van der Waals surface area contributed by atoms with E-state index in [-0.39, 0.29) is 0 Å². The van der Waals surface area contributed by atoms with E-state index in [9.17, 15) is 12.3 Å². The molecular weight excluding hydrogens is 181 g/mol. The topological polar surface area (TPSA) is 0 Å². The smallest absolute Gasteiger partial charge is 0.228 e. The molecule has 0 nitrogen and oxygen atoms in total. The lowest BCUT2D eigenvalue weighted by Crippen LogP contribution is -2.10. The Bertz CT molecular complexity index is 305. The van der Waals surface area contributed by atoms with Gasteiger partial charge in [0.15, 0.2) is 0 Å². The summed E-state index contributed by atoms with van der Waals surface area (Å²) in [5, 5.41) is 0. The average molecular weight is 186 g/mol. The van der Waals surface area contributed by atoms with E-state index in [4.69, 9.17) is 0 Å². The van der Waals surface area contributed by atoms with Crippen LogP contribution in [0.5, 0.6) is 0 Å². The van der Waals surface area contributed by atoms with Crippen LogP contribution >= 0.6 is 0 Å². The van der Waals surface area contributed by atoms with Gasteiger partial charge < -0.3 is 0 Å². The van der Waals surface area contributed by atoms with Gasteiger partial charge in [-0.3, -0.25) is 0 Å². The molecule has 0 spiro atoms. The van der Waals surface area contributed by atoms with Crippen LogP contribution in [0, 0.1) is 11.5 Å². The van der Waals surface area contributed by atoms with E-state index < -0.39 is 9.08 Å². The summed E-state index contributed by atoms with van der Waals surface area (Å²) in [7, 11) is -5.70. The fourth-order valence-electron chi connectivity index (χ4n) is 0.665. The van der Waals surface area contributed by atoms with Crippen LogP contribution in [0.4, 0.5) is 12.3 Å². The second-order valence-electron chi connectivity index (χ2n) is 2.11. The molecule has 0 aliphatic carbocycles. The maximum Gasteiger partial charge on any atom is 0.709 e. The minimum absolute atomic E-state index is 0.405. The predicted octanol–water partition coefficient (Wildman–Crippen LogP) is 2.42. The van der Waals surface area contributed by atoms with Crippen molar-refractivity contribution in [3.8, 4) is 11.5 Å². The lowest BCUT2D eigenvalue weighted by atomic mass is 10.2. The standard InChI is InChI=1S/C8H5F3Si/c9-12(10,11)7-6-8-4-2-1-3-5-8/h1-5H. The summed E-state index contributed by atoms with van der Waals surface area (Å²) in [6.45, 7) is 0. The Morgan fingerprint density at radius 3 is 2.08 bits per heavy atom. The lowest BCUT2D eigenvalue weighted by Gasteiger charge is -1.88. The quantitative estimate of drug-likeness (QED) is 0.331. The fraction of sp³-hybridized carbons (Fsp3) is 0. The molecule has 0 bridgehead atoms. The third-order valence-electron chi connectivity index (χ3n) is 1.12. The average Bonchev–Trinajstić information content (AvgIpc) is 2.02. The van der Waals surface area contributed by atoms with Gasteiger partial charge in [-0.1, -0.05) is 24.1 Å². The first-order valence-electron chi connectivity index (χ1n) is 3.23. The molecule has 0 N–H and O–H groups in total. The van der Waals surface area contributed by atoms with E-state index in [2.05, 4.69) is 5.92 Å². The number of halogens is 3. The van der Waals surface area contributed by atoms with Crippen molar-refractivity contribution in [3.63, 3.8) is 0 Å². The zero-order valence-electron chi connectivity index (χ0n) is 6.02. The van der Waals surface area contributed by atoms with Crippen molar-refractivity contribution in [3.05, 3.63) is 35.9 Å². The second-order valence-corrected chi connectivity index (χ2v) is 3.36. The molecule has 1 aromatic rings. The number of hydrogen-bond donors (Lipinski definition) is 0. The predicted molar refractivity (Wildman–Crippen MR) is 42.4 cm³/mol. The summed E-state index contributed by atoms with van der Waals surface area (Å²) in [5.41, 5.74) is 1.73. The highest BCUT2D eigenvalue weighted by molar-refractivity contribution is 6.67. The molecule has 0 radical (unpaired) electrons. The van der Waals surface area contributed by atoms with E-state index in [1.807, 2.05) is 0 Å². The van der Waals surface area contributed by atoms with Crippen molar-refractivity contribution in [1.29, 1.82) is 0 Å². The third-order valence-corrected chi connectivity index (χ3v) is 1.53. The molecule has 1 rings (SSSR count). The number of hydrogen-bond acceptors (Lipinski definition) is 0. The van der Waals surface area contributed by atoms with Gasteiger partial charge in [0.1, 0.15) is 0 Å². The van der Waals surface area contributed by atoms with Gasteiger partial charge in [-0.15, -0.1) is 0 Å². The van der Waals surface area contributed by atoms with Gasteiger partial charge >= 0.3 is 9.08 Å². The fourth-order valence-corrected chi connectivity index (χ4v) is 0.951. The van der Waals surface area contributed by atoms with Crippen LogP contribution < -0.4 is 0 Å². The summed E-state index contributed by atoms with van der Waals surface area (Å²) >= 11 is 0. The van der Waals surface area contributed by atoms with Crippen LogP contribution in [0.1, 0.15) is 5.56 Å². The van der Waals surface area contributed by atoms with Crippen molar-refractivity contribution < 1.29 is 12.3 Å². The molecule has 0 unspecified atom stereocenters. The van der Waals surface area contributed by atoms with E-state index in [1.54, 1.807) is 30.3 Å². The second kappa shape index (κ2) is 3.46. The molecule has 0 amide bonds. The van der Waals surface area contributed by atoms with E-state index in [1.165, 1.54) is 5.54 Å².